The van der Waals surface area contributed by atoms with Crippen molar-refractivity contribution in [2.75, 3.05) is 6.54 Å². The van der Waals surface area contributed by atoms with E-state index in [-0.39, 0.29) is 0 Å². The van der Waals surface area contributed by atoms with Gasteiger partial charge in [-0.15, -0.1) is 0 Å². The summed E-state index contributed by atoms with van der Waals surface area (Å²) >= 11 is 0. The van der Waals surface area contributed by atoms with E-state index < -0.39 is 0 Å². The van der Waals surface area contributed by atoms with Crippen LogP contribution >= 0.6 is 0 Å². The van der Waals surface area contributed by atoms with Gasteiger partial charge in [-0.25, -0.2) is 0 Å². The molecule has 2 aliphatic rings. The highest BCUT2D eigenvalue weighted by Crippen LogP contribution is 2.47. The van der Waals surface area contributed by atoms with Gasteiger partial charge in [0.25, 0.3) is 0 Å². The summed E-state index contributed by atoms with van der Waals surface area (Å²) in [5.74, 6) is 3.21. The SMILES string of the molecule is CCCCC(C)NCC1CC2CCC1C2. The van der Waals surface area contributed by atoms with Gasteiger partial charge in [0.1, 0.15) is 0 Å². The molecule has 2 saturated carbocycles. The van der Waals surface area contributed by atoms with E-state index >= 15 is 0 Å². The van der Waals surface area contributed by atoms with E-state index in [2.05, 4.69) is 19.2 Å². The maximum Gasteiger partial charge on any atom is 0.00388 e. The molecule has 0 saturated heterocycles. The van der Waals surface area contributed by atoms with Crippen LogP contribution in [0.2, 0.25) is 0 Å². The topological polar surface area (TPSA) is 12.0 Å². The Morgan fingerprint density at radius 2 is 2.13 bits per heavy atom. The molecule has 1 N–H and O–H groups in total. The fraction of sp³-hybridized carbons (Fsp3) is 1.00. The summed E-state index contributed by atoms with van der Waals surface area (Å²) < 4.78 is 0. The van der Waals surface area contributed by atoms with Crippen LogP contribution in [0.5, 0.6) is 0 Å². The third kappa shape index (κ3) is 2.96. The summed E-state index contributed by atoms with van der Waals surface area (Å²) in [6.07, 6.45) is 10.2. The van der Waals surface area contributed by atoms with Crippen LogP contribution in [0.3, 0.4) is 0 Å². The second-order valence-electron chi connectivity index (χ2n) is 5.89. The minimum Gasteiger partial charge on any atom is -0.314 e. The molecule has 1 nitrogen and oxygen atoms in total. The molecule has 0 aromatic rings. The van der Waals surface area contributed by atoms with Crippen molar-refractivity contribution in [2.45, 2.75) is 64.8 Å². The van der Waals surface area contributed by atoms with Crippen molar-refractivity contribution in [2.24, 2.45) is 17.8 Å². The second-order valence-corrected chi connectivity index (χ2v) is 5.89. The summed E-state index contributed by atoms with van der Waals surface area (Å²) in [4.78, 5) is 0. The van der Waals surface area contributed by atoms with Crippen LogP contribution in [0.15, 0.2) is 0 Å². The molecule has 0 radical (unpaired) electrons. The van der Waals surface area contributed by atoms with Crippen molar-refractivity contribution >= 4 is 0 Å². The van der Waals surface area contributed by atoms with Crippen molar-refractivity contribution in [1.29, 1.82) is 0 Å². The van der Waals surface area contributed by atoms with Crippen molar-refractivity contribution in [3.8, 4) is 0 Å². The van der Waals surface area contributed by atoms with E-state index in [4.69, 9.17) is 0 Å². The van der Waals surface area contributed by atoms with Gasteiger partial charge in [-0.2, -0.15) is 0 Å². The zero-order chi connectivity index (χ0) is 10.7. The maximum atomic E-state index is 3.74. The van der Waals surface area contributed by atoms with Crippen LogP contribution in [0.4, 0.5) is 0 Å². The molecule has 4 unspecified atom stereocenters. The van der Waals surface area contributed by atoms with E-state index in [1.165, 1.54) is 45.1 Å². The van der Waals surface area contributed by atoms with Gasteiger partial charge in [0, 0.05) is 6.04 Å². The van der Waals surface area contributed by atoms with Gasteiger partial charge in [-0.1, -0.05) is 26.2 Å². The first-order valence-corrected chi connectivity index (χ1v) is 7.03. The third-order valence-electron chi connectivity index (χ3n) is 4.60. The number of nitrogens with one attached hydrogen (secondary N) is 1. The monoisotopic (exact) mass is 209 g/mol. The lowest BCUT2D eigenvalue weighted by molar-refractivity contribution is 0.305. The molecule has 0 amide bonds. The smallest absolute Gasteiger partial charge is 0.00388 e. The van der Waals surface area contributed by atoms with Crippen LogP contribution in [0.25, 0.3) is 0 Å². The van der Waals surface area contributed by atoms with Crippen molar-refractivity contribution in [3.05, 3.63) is 0 Å². The van der Waals surface area contributed by atoms with Crippen molar-refractivity contribution in [1.82, 2.24) is 5.32 Å². The Morgan fingerprint density at radius 1 is 1.27 bits per heavy atom. The molecule has 2 fully saturated rings. The Labute approximate surface area is 95.0 Å². The molecular weight excluding hydrogens is 182 g/mol. The van der Waals surface area contributed by atoms with Gasteiger partial charge in [0.2, 0.25) is 0 Å². The molecule has 2 rings (SSSR count). The second kappa shape index (κ2) is 5.34. The van der Waals surface area contributed by atoms with Crippen molar-refractivity contribution in [3.63, 3.8) is 0 Å². The summed E-state index contributed by atoms with van der Waals surface area (Å²) in [6.45, 7) is 5.93. The van der Waals surface area contributed by atoms with E-state index in [1.54, 1.807) is 6.42 Å². The zero-order valence-electron chi connectivity index (χ0n) is 10.5. The molecule has 0 aliphatic heterocycles. The van der Waals surface area contributed by atoms with Crippen LogP contribution in [0, 0.1) is 17.8 Å². The first kappa shape index (κ1) is 11.4. The molecule has 0 heterocycles. The van der Waals surface area contributed by atoms with Gasteiger partial charge >= 0.3 is 0 Å². The maximum absolute atomic E-state index is 3.74. The first-order valence-electron chi connectivity index (χ1n) is 7.03. The lowest BCUT2D eigenvalue weighted by Gasteiger charge is -2.24. The van der Waals surface area contributed by atoms with Crippen LogP contribution in [0.1, 0.15) is 58.8 Å². The van der Waals surface area contributed by atoms with E-state index in [0.717, 1.165) is 23.8 Å². The fourth-order valence-corrected chi connectivity index (χ4v) is 3.59. The number of hydrogen-bond acceptors (Lipinski definition) is 1. The molecule has 88 valence electrons. The highest BCUT2D eigenvalue weighted by atomic mass is 14.9. The highest BCUT2D eigenvalue weighted by Gasteiger charge is 2.38. The number of rotatable bonds is 6. The molecular formula is C14H27N. The third-order valence-corrected chi connectivity index (χ3v) is 4.60. The fourth-order valence-electron chi connectivity index (χ4n) is 3.59. The Morgan fingerprint density at radius 3 is 2.73 bits per heavy atom. The number of fused-ring (bicyclic) bond motifs is 2. The molecule has 0 aromatic heterocycles. The van der Waals surface area contributed by atoms with Gasteiger partial charge in [-0.05, 0) is 56.9 Å². The van der Waals surface area contributed by atoms with Gasteiger partial charge in [0.05, 0.1) is 0 Å². The highest BCUT2D eigenvalue weighted by molar-refractivity contribution is 4.91. The molecule has 1 heteroatoms. The molecule has 0 aromatic carbocycles. The molecule has 4 atom stereocenters. The Bertz CT molecular complexity index is 190. The quantitative estimate of drug-likeness (QED) is 0.705. The summed E-state index contributed by atoms with van der Waals surface area (Å²) in [5, 5.41) is 3.74. The summed E-state index contributed by atoms with van der Waals surface area (Å²) in [5.41, 5.74) is 0. The van der Waals surface area contributed by atoms with Gasteiger partial charge in [-0.3, -0.25) is 0 Å². The summed E-state index contributed by atoms with van der Waals surface area (Å²) in [7, 11) is 0. The van der Waals surface area contributed by atoms with E-state index in [0.29, 0.717) is 0 Å². The molecule has 2 bridgehead atoms. The lowest BCUT2D eigenvalue weighted by atomic mass is 9.88. The van der Waals surface area contributed by atoms with Crippen LogP contribution in [-0.4, -0.2) is 12.6 Å². The number of hydrogen-bond donors (Lipinski definition) is 1. The van der Waals surface area contributed by atoms with Crippen LogP contribution in [-0.2, 0) is 0 Å². The zero-order valence-corrected chi connectivity index (χ0v) is 10.5. The first-order chi connectivity index (χ1) is 7.29. The van der Waals surface area contributed by atoms with E-state index in [1.807, 2.05) is 0 Å². The average molecular weight is 209 g/mol. The molecule has 15 heavy (non-hydrogen) atoms. The van der Waals surface area contributed by atoms with Crippen LogP contribution < -0.4 is 5.32 Å². The Balaban J connectivity index is 1.61. The number of unbranched alkanes of at least 4 members (excludes halogenated alkanes) is 1. The minimum absolute atomic E-state index is 0.740. The van der Waals surface area contributed by atoms with Gasteiger partial charge < -0.3 is 5.32 Å². The Hall–Kier alpha value is -0.0400. The predicted octanol–water partition coefficient (Wildman–Crippen LogP) is 3.59. The average Bonchev–Trinajstić information content (AvgIpc) is 2.84. The van der Waals surface area contributed by atoms with E-state index in [9.17, 15) is 0 Å². The lowest BCUT2D eigenvalue weighted by Crippen LogP contribution is -2.33. The summed E-state index contributed by atoms with van der Waals surface area (Å²) in [6, 6.07) is 0.740. The minimum atomic E-state index is 0.740. The van der Waals surface area contributed by atoms with Crippen molar-refractivity contribution < 1.29 is 0 Å². The normalized spacial score (nSPS) is 36.0. The standard InChI is InChI=1S/C14H27N/c1-3-4-5-11(2)15-10-14-9-12-6-7-13(14)8-12/h11-15H,3-10H2,1-2H3. The molecule has 2 aliphatic carbocycles. The predicted molar refractivity (Wildman–Crippen MR) is 65.9 cm³/mol. The van der Waals surface area contributed by atoms with Gasteiger partial charge in [0.15, 0.2) is 0 Å². The largest absolute Gasteiger partial charge is 0.314 e. The Kier molecular flexibility index (Phi) is 4.07. The molecule has 0 spiro atoms.